The fourth-order valence-electron chi connectivity index (χ4n) is 3.42. The summed E-state index contributed by atoms with van der Waals surface area (Å²) in [6.07, 6.45) is 0.798. The van der Waals surface area contributed by atoms with Gasteiger partial charge in [-0.05, 0) is 29.7 Å². The van der Waals surface area contributed by atoms with Crippen LogP contribution in [-0.2, 0) is 19.6 Å². The first kappa shape index (κ1) is 19.4. The summed E-state index contributed by atoms with van der Waals surface area (Å²) in [6.45, 7) is 2.23. The molecule has 0 bridgehead atoms. The topological polar surface area (TPSA) is 67.2 Å². The Balaban J connectivity index is 1.47. The summed E-state index contributed by atoms with van der Waals surface area (Å²) in [5.74, 6) is -0.377. The van der Waals surface area contributed by atoms with Gasteiger partial charge in [0.25, 0.3) is 11.8 Å². The van der Waals surface area contributed by atoms with Crippen molar-refractivity contribution in [3.8, 4) is 0 Å². The van der Waals surface area contributed by atoms with Gasteiger partial charge in [-0.2, -0.15) is 5.10 Å². The van der Waals surface area contributed by atoms with E-state index in [9.17, 15) is 9.59 Å². The van der Waals surface area contributed by atoms with Crippen molar-refractivity contribution in [3.05, 3.63) is 87.7 Å². The highest BCUT2D eigenvalue weighted by Crippen LogP contribution is 2.17. The Labute approximate surface area is 177 Å². The number of nitrogens with one attached hydrogen (secondary N) is 1. The van der Waals surface area contributed by atoms with E-state index >= 15 is 0 Å². The van der Waals surface area contributed by atoms with Crippen LogP contribution in [0, 0.1) is 0 Å². The van der Waals surface area contributed by atoms with Crippen LogP contribution in [0.2, 0.25) is 0 Å². The van der Waals surface area contributed by atoms with Crippen LogP contribution in [0.3, 0.4) is 0 Å². The van der Waals surface area contributed by atoms with Crippen molar-refractivity contribution in [2.75, 3.05) is 6.54 Å². The van der Waals surface area contributed by atoms with Crippen molar-refractivity contribution >= 4 is 27.7 Å². The first-order chi connectivity index (χ1) is 14.1. The van der Waals surface area contributed by atoms with Gasteiger partial charge in [-0.1, -0.05) is 58.4 Å². The summed E-state index contributed by atoms with van der Waals surface area (Å²) in [4.78, 5) is 27.4. The average Bonchev–Trinajstić information content (AvgIpc) is 3.10. The molecule has 1 aliphatic heterocycles. The van der Waals surface area contributed by atoms with E-state index in [-0.39, 0.29) is 17.5 Å². The van der Waals surface area contributed by atoms with Gasteiger partial charge in [0, 0.05) is 36.7 Å². The fourth-order valence-corrected chi connectivity index (χ4v) is 3.87. The van der Waals surface area contributed by atoms with E-state index in [0.717, 1.165) is 22.0 Å². The minimum absolute atomic E-state index is 0.0927. The normalized spacial score (nSPS) is 13.7. The van der Waals surface area contributed by atoms with Crippen LogP contribution in [0.25, 0.3) is 0 Å². The summed E-state index contributed by atoms with van der Waals surface area (Å²) in [5, 5.41) is 7.25. The number of hydrogen-bond acceptors (Lipinski definition) is 3. The van der Waals surface area contributed by atoms with Crippen molar-refractivity contribution in [1.29, 1.82) is 0 Å². The lowest BCUT2D eigenvalue weighted by molar-refractivity contribution is 0.0745. The van der Waals surface area contributed by atoms with E-state index in [1.807, 2.05) is 59.5 Å². The van der Waals surface area contributed by atoms with Gasteiger partial charge < -0.3 is 10.2 Å². The molecule has 0 radical (unpaired) electrons. The summed E-state index contributed by atoms with van der Waals surface area (Å²) >= 11 is 3.43. The maximum atomic E-state index is 13.0. The molecular weight excluding hydrogens is 432 g/mol. The smallest absolute Gasteiger partial charge is 0.272 e. The highest BCUT2D eigenvalue weighted by molar-refractivity contribution is 9.10. The summed E-state index contributed by atoms with van der Waals surface area (Å²) in [5.41, 5.74) is 2.80. The Kier molecular flexibility index (Phi) is 5.76. The number of fused-ring (bicyclic) bond motifs is 1. The number of benzene rings is 2. The number of nitrogens with zero attached hydrogens (tertiary/aromatic N) is 3. The second kappa shape index (κ2) is 8.61. The molecule has 1 aromatic heterocycles. The highest BCUT2D eigenvalue weighted by atomic mass is 79.9. The molecular formula is C22H21BrN4O2. The van der Waals surface area contributed by atoms with Crippen molar-refractivity contribution in [2.24, 2.45) is 0 Å². The van der Waals surface area contributed by atoms with Gasteiger partial charge in [0.15, 0.2) is 5.69 Å². The number of carbonyl (C=O) groups is 2. The van der Waals surface area contributed by atoms with Crippen LogP contribution in [0.1, 0.15) is 38.5 Å². The van der Waals surface area contributed by atoms with Gasteiger partial charge in [0.2, 0.25) is 0 Å². The molecule has 2 amide bonds. The maximum absolute atomic E-state index is 13.0. The number of amides is 2. The van der Waals surface area contributed by atoms with E-state index in [1.165, 1.54) is 0 Å². The Morgan fingerprint density at radius 2 is 1.83 bits per heavy atom. The monoisotopic (exact) mass is 452 g/mol. The second-order valence-corrected chi connectivity index (χ2v) is 7.93. The molecule has 29 heavy (non-hydrogen) atoms. The Morgan fingerprint density at radius 3 is 2.62 bits per heavy atom. The predicted molar refractivity (Wildman–Crippen MR) is 113 cm³/mol. The van der Waals surface area contributed by atoms with Gasteiger partial charge in [0.1, 0.15) is 5.69 Å². The Bertz CT molecular complexity index is 1030. The molecule has 4 rings (SSSR count). The van der Waals surface area contributed by atoms with Crippen molar-refractivity contribution < 1.29 is 9.59 Å². The first-order valence-corrected chi connectivity index (χ1v) is 10.3. The van der Waals surface area contributed by atoms with Gasteiger partial charge in [-0.25, -0.2) is 0 Å². The first-order valence-electron chi connectivity index (χ1n) is 9.54. The lowest BCUT2D eigenvalue weighted by Gasteiger charge is -2.20. The van der Waals surface area contributed by atoms with Gasteiger partial charge in [0.05, 0.1) is 0 Å². The fraction of sp³-hybridized carbons (Fsp3) is 0.227. The molecule has 0 fully saturated rings. The second-order valence-electron chi connectivity index (χ2n) is 7.02. The molecule has 2 heterocycles. The van der Waals surface area contributed by atoms with Crippen LogP contribution in [-0.4, -0.2) is 33.0 Å². The lowest BCUT2D eigenvalue weighted by Crippen LogP contribution is -2.30. The molecule has 0 spiro atoms. The number of hydrogen-bond donors (Lipinski definition) is 1. The molecule has 2 aromatic carbocycles. The molecule has 0 unspecified atom stereocenters. The van der Waals surface area contributed by atoms with Crippen molar-refractivity contribution in [2.45, 2.75) is 26.1 Å². The van der Waals surface area contributed by atoms with Gasteiger partial charge in [-0.3, -0.25) is 14.3 Å². The highest BCUT2D eigenvalue weighted by Gasteiger charge is 2.26. The number of halogens is 1. The zero-order chi connectivity index (χ0) is 20.2. The molecule has 1 N–H and O–H groups in total. The lowest BCUT2D eigenvalue weighted by atomic mass is 10.2. The summed E-state index contributed by atoms with van der Waals surface area (Å²) in [6, 6.07) is 19.3. The standard InChI is InChI=1S/C22H21BrN4O2/c23-18-9-4-8-17(12-18)14-24-21(28)19-13-20-22(29)26(10-5-11-27(20)25-19)15-16-6-2-1-3-7-16/h1-4,6-9,12-13H,5,10-11,14-15H2,(H,24,28). The SMILES string of the molecule is O=C(NCc1cccc(Br)c1)c1cc2n(n1)CCCN(Cc1ccccc1)C2=O. The van der Waals surface area contributed by atoms with Crippen molar-refractivity contribution in [1.82, 2.24) is 20.0 Å². The number of aromatic nitrogens is 2. The molecule has 148 valence electrons. The van der Waals surface area contributed by atoms with Crippen LogP contribution in [0.15, 0.2) is 65.1 Å². The third kappa shape index (κ3) is 4.56. The average molecular weight is 453 g/mol. The molecule has 0 aliphatic carbocycles. The molecule has 1 aliphatic rings. The van der Waals surface area contributed by atoms with Crippen LogP contribution < -0.4 is 5.32 Å². The molecule has 3 aromatic rings. The number of carbonyl (C=O) groups excluding carboxylic acids is 2. The van der Waals surface area contributed by atoms with Crippen LogP contribution >= 0.6 is 15.9 Å². The maximum Gasteiger partial charge on any atom is 0.272 e. The number of rotatable bonds is 5. The summed E-state index contributed by atoms with van der Waals surface area (Å²) < 4.78 is 2.61. The largest absolute Gasteiger partial charge is 0.347 e. The third-order valence-corrected chi connectivity index (χ3v) is 5.37. The number of aryl methyl sites for hydroxylation is 1. The molecule has 0 saturated heterocycles. The van der Waals surface area contributed by atoms with E-state index in [2.05, 4.69) is 26.3 Å². The van der Waals surface area contributed by atoms with Crippen LogP contribution in [0.4, 0.5) is 0 Å². The van der Waals surface area contributed by atoms with E-state index < -0.39 is 0 Å². The van der Waals surface area contributed by atoms with Crippen LogP contribution in [0.5, 0.6) is 0 Å². The quantitative estimate of drug-likeness (QED) is 0.642. The van der Waals surface area contributed by atoms with E-state index in [0.29, 0.717) is 31.9 Å². The third-order valence-electron chi connectivity index (χ3n) is 4.88. The molecule has 6 nitrogen and oxygen atoms in total. The zero-order valence-corrected chi connectivity index (χ0v) is 17.4. The Hall–Kier alpha value is -2.93. The van der Waals surface area contributed by atoms with Gasteiger partial charge in [-0.15, -0.1) is 0 Å². The van der Waals surface area contributed by atoms with E-state index in [1.54, 1.807) is 10.7 Å². The predicted octanol–water partition coefficient (Wildman–Crippen LogP) is 3.62. The molecule has 0 atom stereocenters. The van der Waals surface area contributed by atoms with E-state index in [4.69, 9.17) is 0 Å². The molecule has 7 heteroatoms. The minimum Gasteiger partial charge on any atom is -0.347 e. The summed E-state index contributed by atoms with van der Waals surface area (Å²) in [7, 11) is 0. The van der Waals surface area contributed by atoms with Gasteiger partial charge >= 0.3 is 0 Å². The Morgan fingerprint density at radius 1 is 1.03 bits per heavy atom. The van der Waals surface area contributed by atoms with Crippen molar-refractivity contribution in [3.63, 3.8) is 0 Å². The zero-order valence-electron chi connectivity index (χ0n) is 15.8. The molecule has 0 saturated carbocycles. The minimum atomic E-state index is -0.284.